The van der Waals surface area contributed by atoms with Crippen LogP contribution in [0.1, 0.15) is 31.8 Å². The highest BCUT2D eigenvalue weighted by atomic mass is 32.1. The molecule has 2 aromatic rings. The fourth-order valence-corrected chi connectivity index (χ4v) is 2.01. The van der Waals surface area contributed by atoms with E-state index < -0.39 is 5.97 Å². The quantitative estimate of drug-likeness (QED) is 0.746. The first-order valence-electron chi connectivity index (χ1n) is 5.35. The molecule has 0 bridgehead atoms. The van der Waals surface area contributed by atoms with Crippen LogP contribution in [0.15, 0.2) is 21.9 Å². The third-order valence-corrected chi connectivity index (χ3v) is 3.13. The molecule has 0 aliphatic rings. The molecule has 100 valence electrons. The number of carboxylic acids is 1. The van der Waals surface area contributed by atoms with Gasteiger partial charge in [-0.3, -0.25) is 4.79 Å². The standard InChI is InChI=1S/C11H11N3O4S/c12-3-9-14-7(5-19-9)10(15)13-4-6-1-2-8(18-6)11(16)17/h1-2,5H,3-4,12H2,(H,13,15)(H,16,17). The van der Waals surface area contributed by atoms with Gasteiger partial charge < -0.3 is 20.6 Å². The molecule has 0 spiro atoms. The Morgan fingerprint density at radius 3 is 2.84 bits per heavy atom. The molecule has 7 nitrogen and oxygen atoms in total. The molecule has 0 atom stereocenters. The summed E-state index contributed by atoms with van der Waals surface area (Å²) in [7, 11) is 0. The van der Waals surface area contributed by atoms with Crippen LogP contribution in [0.25, 0.3) is 0 Å². The summed E-state index contributed by atoms with van der Waals surface area (Å²) in [5.74, 6) is -1.31. The Balaban J connectivity index is 1.94. The average Bonchev–Trinajstić information content (AvgIpc) is 3.04. The number of carbonyl (C=O) groups is 2. The second-order valence-electron chi connectivity index (χ2n) is 3.58. The molecule has 0 unspecified atom stereocenters. The number of rotatable bonds is 5. The molecule has 0 saturated heterocycles. The molecular formula is C11H11N3O4S. The van der Waals surface area contributed by atoms with Crippen LogP contribution in [-0.4, -0.2) is 22.0 Å². The van der Waals surface area contributed by atoms with Crippen molar-refractivity contribution in [3.63, 3.8) is 0 Å². The number of nitrogens with zero attached hydrogens (tertiary/aromatic N) is 1. The van der Waals surface area contributed by atoms with Gasteiger partial charge >= 0.3 is 5.97 Å². The van der Waals surface area contributed by atoms with Crippen LogP contribution in [0.2, 0.25) is 0 Å². The lowest BCUT2D eigenvalue weighted by molar-refractivity contribution is 0.0660. The smallest absolute Gasteiger partial charge is 0.371 e. The van der Waals surface area contributed by atoms with Gasteiger partial charge in [-0.2, -0.15) is 0 Å². The zero-order chi connectivity index (χ0) is 13.8. The van der Waals surface area contributed by atoms with Crippen molar-refractivity contribution in [2.24, 2.45) is 5.73 Å². The Morgan fingerprint density at radius 2 is 2.26 bits per heavy atom. The van der Waals surface area contributed by atoms with Gasteiger partial charge in [0.1, 0.15) is 16.5 Å². The number of hydrogen-bond acceptors (Lipinski definition) is 6. The predicted octanol–water partition coefficient (Wildman–Crippen LogP) is 0.823. The summed E-state index contributed by atoms with van der Waals surface area (Å²) in [5.41, 5.74) is 5.69. The number of nitrogens with one attached hydrogen (secondary N) is 1. The molecule has 19 heavy (non-hydrogen) atoms. The van der Waals surface area contributed by atoms with E-state index in [4.69, 9.17) is 15.3 Å². The highest BCUT2D eigenvalue weighted by molar-refractivity contribution is 7.09. The summed E-state index contributed by atoms with van der Waals surface area (Å²) >= 11 is 1.31. The normalized spacial score (nSPS) is 10.4. The Morgan fingerprint density at radius 1 is 1.47 bits per heavy atom. The maximum atomic E-state index is 11.7. The molecule has 0 aliphatic carbocycles. The first-order chi connectivity index (χ1) is 9.10. The van der Waals surface area contributed by atoms with E-state index >= 15 is 0 Å². The van der Waals surface area contributed by atoms with Gasteiger partial charge in [0.15, 0.2) is 0 Å². The summed E-state index contributed by atoms with van der Waals surface area (Å²) in [4.78, 5) is 26.4. The van der Waals surface area contributed by atoms with Crippen molar-refractivity contribution in [3.05, 3.63) is 39.7 Å². The number of aromatic carboxylic acids is 1. The predicted molar refractivity (Wildman–Crippen MR) is 66.8 cm³/mol. The molecule has 0 fully saturated rings. The lowest BCUT2D eigenvalue weighted by Gasteiger charge is -1.99. The monoisotopic (exact) mass is 281 g/mol. The van der Waals surface area contributed by atoms with Gasteiger partial charge in [-0.25, -0.2) is 9.78 Å². The van der Waals surface area contributed by atoms with Crippen molar-refractivity contribution >= 4 is 23.2 Å². The summed E-state index contributed by atoms with van der Waals surface area (Å²) in [6.07, 6.45) is 0. The van der Waals surface area contributed by atoms with Crippen LogP contribution >= 0.6 is 11.3 Å². The summed E-state index contributed by atoms with van der Waals surface area (Å²) < 4.78 is 5.01. The van der Waals surface area contributed by atoms with Gasteiger partial charge in [-0.05, 0) is 12.1 Å². The van der Waals surface area contributed by atoms with E-state index in [0.717, 1.165) is 0 Å². The molecule has 2 aromatic heterocycles. The van der Waals surface area contributed by atoms with Crippen LogP contribution < -0.4 is 11.1 Å². The van der Waals surface area contributed by atoms with Gasteiger partial charge in [0.2, 0.25) is 5.76 Å². The topological polar surface area (TPSA) is 118 Å². The molecule has 0 aliphatic heterocycles. The minimum Gasteiger partial charge on any atom is -0.475 e. The minimum atomic E-state index is -1.15. The Labute approximate surface area is 112 Å². The second-order valence-corrected chi connectivity index (χ2v) is 4.53. The SMILES string of the molecule is NCc1nc(C(=O)NCc2ccc(C(=O)O)o2)cs1. The number of furan rings is 1. The average molecular weight is 281 g/mol. The van der Waals surface area contributed by atoms with Gasteiger partial charge in [-0.15, -0.1) is 11.3 Å². The number of nitrogens with two attached hydrogens (primary N) is 1. The molecule has 4 N–H and O–H groups in total. The summed E-state index contributed by atoms with van der Waals surface area (Å²) in [6.45, 7) is 0.389. The number of amides is 1. The highest BCUT2D eigenvalue weighted by Crippen LogP contribution is 2.10. The number of carbonyl (C=O) groups excluding carboxylic acids is 1. The highest BCUT2D eigenvalue weighted by Gasteiger charge is 2.12. The van der Waals surface area contributed by atoms with Crippen LogP contribution in [0.5, 0.6) is 0 Å². The van der Waals surface area contributed by atoms with Gasteiger partial charge in [-0.1, -0.05) is 0 Å². The van der Waals surface area contributed by atoms with Crippen molar-refractivity contribution < 1.29 is 19.1 Å². The molecule has 2 rings (SSSR count). The zero-order valence-corrected chi connectivity index (χ0v) is 10.6. The van der Waals surface area contributed by atoms with Crippen molar-refractivity contribution in [3.8, 4) is 0 Å². The van der Waals surface area contributed by atoms with E-state index in [2.05, 4.69) is 10.3 Å². The van der Waals surface area contributed by atoms with E-state index in [0.29, 0.717) is 10.8 Å². The molecular weight excluding hydrogens is 270 g/mol. The zero-order valence-electron chi connectivity index (χ0n) is 9.75. The van der Waals surface area contributed by atoms with E-state index in [1.807, 2.05) is 0 Å². The lowest BCUT2D eigenvalue weighted by atomic mass is 10.4. The molecule has 2 heterocycles. The van der Waals surface area contributed by atoms with Crippen LogP contribution in [0.4, 0.5) is 0 Å². The fourth-order valence-electron chi connectivity index (χ4n) is 1.35. The lowest BCUT2D eigenvalue weighted by Crippen LogP contribution is -2.23. The minimum absolute atomic E-state index is 0.0988. The molecule has 1 amide bonds. The molecule has 8 heteroatoms. The van der Waals surface area contributed by atoms with E-state index in [9.17, 15) is 9.59 Å². The van der Waals surface area contributed by atoms with Gasteiger partial charge in [0.25, 0.3) is 5.91 Å². The van der Waals surface area contributed by atoms with E-state index in [-0.39, 0.29) is 30.5 Å². The Kier molecular flexibility index (Phi) is 3.93. The molecule has 0 saturated carbocycles. The maximum Gasteiger partial charge on any atom is 0.371 e. The molecule has 0 radical (unpaired) electrons. The first-order valence-corrected chi connectivity index (χ1v) is 6.23. The number of hydrogen-bond donors (Lipinski definition) is 3. The Hall–Kier alpha value is -2.19. The second kappa shape index (κ2) is 5.63. The van der Waals surface area contributed by atoms with E-state index in [1.165, 1.54) is 23.5 Å². The third kappa shape index (κ3) is 3.18. The van der Waals surface area contributed by atoms with E-state index in [1.54, 1.807) is 5.38 Å². The van der Waals surface area contributed by atoms with Crippen molar-refractivity contribution in [2.75, 3.05) is 0 Å². The van der Waals surface area contributed by atoms with Gasteiger partial charge in [0.05, 0.1) is 6.54 Å². The molecule has 0 aromatic carbocycles. The number of aromatic nitrogens is 1. The fraction of sp³-hybridized carbons (Fsp3) is 0.182. The Bertz CT molecular complexity index is 605. The summed E-state index contributed by atoms with van der Waals surface area (Å²) in [6, 6.07) is 2.83. The maximum absolute atomic E-state index is 11.7. The summed E-state index contributed by atoms with van der Waals surface area (Å²) in [5, 5.41) is 13.6. The number of carboxylic acid groups (broad SMARTS) is 1. The van der Waals surface area contributed by atoms with Crippen LogP contribution in [0.3, 0.4) is 0 Å². The number of thiazole rings is 1. The van der Waals surface area contributed by atoms with Gasteiger partial charge in [0, 0.05) is 11.9 Å². The third-order valence-electron chi connectivity index (χ3n) is 2.25. The first kappa shape index (κ1) is 13.2. The van der Waals surface area contributed by atoms with Crippen LogP contribution in [0, 0.1) is 0 Å². The van der Waals surface area contributed by atoms with Crippen molar-refractivity contribution in [1.29, 1.82) is 0 Å². The van der Waals surface area contributed by atoms with Crippen molar-refractivity contribution in [1.82, 2.24) is 10.3 Å². The largest absolute Gasteiger partial charge is 0.475 e. The van der Waals surface area contributed by atoms with Crippen molar-refractivity contribution in [2.45, 2.75) is 13.1 Å². The van der Waals surface area contributed by atoms with Crippen LogP contribution in [-0.2, 0) is 13.1 Å².